The molecule has 148 valence electrons. The zero-order valence-electron chi connectivity index (χ0n) is 15.6. The van der Waals surface area contributed by atoms with Gasteiger partial charge < -0.3 is 15.2 Å². The summed E-state index contributed by atoms with van der Waals surface area (Å²) in [7, 11) is -2.33. The fourth-order valence-electron chi connectivity index (χ4n) is 2.95. The Labute approximate surface area is 164 Å². The molecule has 0 fully saturated rings. The molecule has 8 heteroatoms. The minimum Gasteiger partial charge on any atom is -0.481 e. The molecule has 7 nitrogen and oxygen atoms in total. The van der Waals surface area contributed by atoms with E-state index in [4.69, 9.17) is 9.84 Å². The molecule has 0 saturated heterocycles. The van der Waals surface area contributed by atoms with Crippen molar-refractivity contribution < 1.29 is 18.3 Å². The maximum absolute atomic E-state index is 13.6. The summed E-state index contributed by atoms with van der Waals surface area (Å²) in [5, 5.41) is 13.5. The van der Waals surface area contributed by atoms with Gasteiger partial charge in [0, 0.05) is 31.1 Å². The number of rotatable bonds is 9. The molecule has 0 saturated carbocycles. The SMILES string of the molecule is COc1ccc(N(CCNCCO)S(=O)(=O)c2cccc3ccccc23)cn1. The van der Waals surface area contributed by atoms with Crippen LogP contribution in [0.2, 0.25) is 0 Å². The highest BCUT2D eigenvalue weighted by molar-refractivity contribution is 7.93. The van der Waals surface area contributed by atoms with Crippen LogP contribution in [0.3, 0.4) is 0 Å². The maximum atomic E-state index is 13.6. The number of sulfonamides is 1. The molecule has 1 aromatic heterocycles. The molecule has 1 heterocycles. The Balaban J connectivity index is 2.03. The molecular formula is C20H23N3O4S. The van der Waals surface area contributed by atoms with Crippen LogP contribution >= 0.6 is 0 Å². The largest absolute Gasteiger partial charge is 0.481 e. The number of aliphatic hydroxyl groups excluding tert-OH is 1. The third kappa shape index (κ3) is 4.24. The first kappa shape index (κ1) is 20.1. The second-order valence-electron chi connectivity index (χ2n) is 6.09. The molecule has 0 atom stereocenters. The van der Waals surface area contributed by atoms with Crippen LogP contribution in [0.15, 0.2) is 65.7 Å². The monoisotopic (exact) mass is 401 g/mol. The number of anilines is 1. The first-order valence-electron chi connectivity index (χ1n) is 8.90. The number of hydrogen-bond donors (Lipinski definition) is 2. The van der Waals surface area contributed by atoms with Crippen LogP contribution < -0.4 is 14.4 Å². The summed E-state index contributed by atoms with van der Waals surface area (Å²) < 4.78 is 33.5. The number of aromatic nitrogens is 1. The van der Waals surface area contributed by atoms with Crippen LogP contribution in [0.4, 0.5) is 5.69 Å². The molecule has 28 heavy (non-hydrogen) atoms. The number of nitrogens with zero attached hydrogens (tertiary/aromatic N) is 2. The summed E-state index contributed by atoms with van der Waals surface area (Å²) in [6.07, 6.45) is 1.48. The molecular weight excluding hydrogens is 378 g/mol. The molecule has 2 aromatic carbocycles. The van der Waals surface area contributed by atoms with Crippen molar-refractivity contribution in [1.29, 1.82) is 0 Å². The van der Waals surface area contributed by atoms with Crippen molar-refractivity contribution in [1.82, 2.24) is 10.3 Å². The lowest BCUT2D eigenvalue weighted by Crippen LogP contribution is -2.37. The molecule has 3 aromatic rings. The quantitative estimate of drug-likeness (QED) is 0.533. The maximum Gasteiger partial charge on any atom is 0.265 e. The fourth-order valence-corrected chi connectivity index (χ4v) is 4.62. The van der Waals surface area contributed by atoms with Crippen molar-refractivity contribution in [3.8, 4) is 5.88 Å². The zero-order chi connectivity index (χ0) is 20.0. The molecule has 0 radical (unpaired) electrons. The molecule has 0 bridgehead atoms. The average molecular weight is 401 g/mol. The second-order valence-corrected chi connectivity index (χ2v) is 7.92. The van der Waals surface area contributed by atoms with E-state index < -0.39 is 10.0 Å². The van der Waals surface area contributed by atoms with E-state index in [-0.39, 0.29) is 18.0 Å². The van der Waals surface area contributed by atoms with Crippen LogP contribution in [0.5, 0.6) is 5.88 Å². The summed E-state index contributed by atoms with van der Waals surface area (Å²) in [4.78, 5) is 4.38. The predicted molar refractivity (Wildman–Crippen MR) is 109 cm³/mol. The lowest BCUT2D eigenvalue weighted by atomic mass is 10.1. The van der Waals surface area contributed by atoms with E-state index in [1.807, 2.05) is 24.3 Å². The fraction of sp³-hybridized carbons (Fsp3) is 0.250. The summed E-state index contributed by atoms with van der Waals surface area (Å²) in [6.45, 7) is 0.958. The smallest absolute Gasteiger partial charge is 0.265 e. The van der Waals surface area contributed by atoms with Crippen LogP contribution in [0, 0.1) is 0 Å². The van der Waals surface area contributed by atoms with Gasteiger partial charge in [0.15, 0.2) is 0 Å². The van der Waals surface area contributed by atoms with Crippen molar-refractivity contribution >= 4 is 26.5 Å². The number of aliphatic hydroxyl groups is 1. The highest BCUT2D eigenvalue weighted by Gasteiger charge is 2.26. The number of ether oxygens (including phenoxy) is 1. The van der Waals surface area contributed by atoms with Gasteiger partial charge in [-0.25, -0.2) is 13.4 Å². The molecule has 2 N–H and O–H groups in total. The zero-order valence-corrected chi connectivity index (χ0v) is 16.4. The molecule has 0 unspecified atom stereocenters. The lowest BCUT2D eigenvalue weighted by molar-refractivity contribution is 0.293. The van der Waals surface area contributed by atoms with Gasteiger partial charge in [-0.05, 0) is 17.5 Å². The molecule has 0 aliphatic carbocycles. The number of hydrogen-bond acceptors (Lipinski definition) is 6. The third-order valence-electron chi connectivity index (χ3n) is 4.32. The highest BCUT2D eigenvalue weighted by Crippen LogP contribution is 2.29. The predicted octanol–water partition coefficient (Wildman–Crippen LogP) is 2.02. The number of nitrogens with one attached hydrogen (secondary N) is 1. The summed E-state index contributed by atoms with van der Waals surface area (Å²) in [5.74, 6) is 0.407. The Morgan fingerprint density at radius 2 is 1.86 bits per heavy atom. The molecule has 0 spiro atoms. The van der Waals surface area contributed by atoms with Crippen molar-refractivity contribution in [2.45, 2.75) is 4.90 Å². The Morgan fingerprint density at radius 3 is 2.57 bits per heavy atom. The molecule has 0 aliphatic rings. The van der Waals surface area contributed by atoms with E-state index in [1.165, 1.54) is 17.6 Å². The van der Waals surface area contributed by atoms with Crippen molar-refractivity contribution in [3.05, 3.63) is 60.8 Å². The molecule has 0 amide bonds. The average Bonchev–Trinajstić information content (AvgIpc) is 2.73. The minimum absolute atomic E-state index is 0.0137. The van der Waals surface area contributed by atoms with Gasteiger partial charge in [0.1, 0.15) is 0 Å². The van der Waals surface area contributed by atoms with E-state index in [9.17, 15) is 8.42 Å². The van der Waals surface area contributed by atoms with Crippen LogP contribution in [0.1, 0.15) is 0 Å². The Hall–Kier alpha value is -2.68. The van der Waals surface area contributed by atoms with Gasteiger partial charge >= 0.3 is 0 Å². The standard InChI is InChI=1S/C20H23N3O4S/c1-27-20-10-9-17(15-22-20)23(13-11-21-12-14-24)28(25,26)19-8-4-6-16-5-2-3-7-18(16)19/h2-10,15,21,24H,11-14H2,1H3. The van der Waals surface area contributed by atoms with E-state index in [1.54, 1.807) is 30.3 Å². The molecule has 3 rings (SSSR count). The topological polar surface area (TPSA) is 91.8 Å². The summed E-state index contributed by atoms with van der Waals surface area (Å²) in [5.41, 5.74) is 0.444. The van der Waals surface area contributed by atoms with Gasteiger partial charge in [-0.1, -0.05) is 36.4 Å². The first-order valence-corrected chi connectivity index (χ1v) is 10.3. The van der Waals surface area contributed by atoms with Gasteiger partial charge in [-0.2, -0.15) is 0 Å². The van der Waals surface area contributed by atoms with Crippen LogP contribution in [-0.2, 0) is 10.0 Å². The third-order valence-corrected chi connectivity index (χ3v) is 6.20. The van der Waals surface area contributed by atoms with E-state index in [2.05, 4.69) is 10.3 Å². The van der Waals surface area contributed by atoms with Gasteiger partial charge in [0.2, 0.25) is 5.88 Å². The van der Waals surface area contributed by atoms with E-state index in [0.29, 0.717) is 30.0 Å². The second kappa shape index (κ2) is 9.01. The summed E-state index contributed by atoms with van der Waals surface area (Å²) in [6, 6.07) is 15.9. The van der Waals surface area contributed by atoms with Gasteiger partial charge in [0.05, 0.1) is 30.5 Å². The summed E-state index contributed by atoms with van der Waals surface area (Å²) >= 11 is 0. The van der Waals surface area contributed by atoms with Gasteiger partial charge in [-0.3, -0.25) is 4.31 Å². The Bertz CT molecular complexity index is 1020. The van der Waals surface area contributed by atoms with E-state index in [0.717, 1.165) is 5.39 Å². The first-order chi connectivity index (χ1) is 13.6. The van der Waals surface area contributed by atoms with Gasteiger partial charge in [-0.15, -0.1) is 0 Å². The van der Waals surface area contributed by atoms with E-state index >= 15 is 0 Å². The Kier molecular flexibility index (Phi) is 6.45. The van der Waals surface area contributed by atoms with Crippen molar-refractivity contribution in [2.75, 3.05) is 37.7 Å². The normalized spacial score (nSPS) is 11.5. The number of methoxy groups -OCH3 is 1. The minimum atomic E-state index is -3.84. The van der Waals surface area contributed by atoms with Crippen LogP contribution in [-0.4, -0.2) is 51.9 Å². The van der Waals surface area contributed by atoms with Gasteiger partial charge in [0.25, 0.3) is 10.0 Å². The van der Waals surface area contributed by atoms with Crippen LogP contribution in [0.25, 0.3) is 10.8 Å². The number of pyridine rings is 1. The number of benzene rings is 2. The highest BCUT2D eigenvalue weighted by atomic mass is 32.2. The number of fused-ring (bicyclic) bond motifs is 1. The van der Waals surface area contributed by atoms with Crippen molar-refractivity contribution in [2.24, 2.45) is 0 Å². The lowest BCUT2D eigenvalue weighted by Gasteiger charge is -2.25. The Morgan fingerprint density at radius 1 is 1.07 bits per heavy atom. The van der Waals surface area contributed by atoms with Crippen molar-refractivity contribution in [3.63, 3.8) is 0 Å². The molecule has 0 aliphatic heterocycles.